The van der Waals surface area contributed by atoms with Crippen LogP contribution in [0.15, 0.2) is 4.79 Å². The lowest BCUT2D eigenvalue weighted by Gasteiger charge is -2.02. The summed E-state index contributed by atoms with van der Waals surface area (Å²) in [7, 11) is 1.52. The van der Waals surface area contributed by atoms with Crippen molar-refractivity contribution < 1.29 is 4.74 Å². The molecular formula is C7H10N2O2. The van der Waals surface area contributed by atoms with Gasteiger partial charge in [0.2, 0.25) is 5.88 Å². The number of aromatic amines is 1. The first-order valence-corrected chi connectivity index (χ1v) is 3.26. The third-order valence-corrected chi connectivity index (χ3v) is 1.41. The van der Waals surface area contributed by atoms with Crippen molar-refractivity contribution in [1.82, 2.24) is 9.97 Å². The summed E-state index contributed by atoms with van der Waals surface area (Å²) in [6.07, 6.45) is 0. The Bertz CT molecular complexity index is 317. The Morgan fingerprint density at radius 2 is 2.09 bits per heavy atom. The highest BCUT2D eigenvalue weighted by Crippen LogP contribution is 2.07. The monoisotopic (exact) mass is 154 g/mol. The van der Waals surface area contributed by atoms with Crippen LogP contribution in [0.25, 0.3) is 0 Å². The molecule has 0 saturated carbocycles. The standard InChI is InChI=1S/C7H10N2O2/c1-4-6(10)8-5(2)7(9-4)11-3/h1-3H3,(H,8,10). The molecule has 1 N–H and O–H groups in total. The smallest absolute Gasteiger partial charge is 0.269 e. The lowest BCUT2D eigenvalue weighted by atomic mass is 10.4. The number of nitrogens with zero attached hydrogens (tertiary/aromatic N) is 1. The maximum atomic E-state index is 10.9. The van der Waals surface area contributed by atoms with Crippen LogP contribution in [0.4, 0.5) is 0 Å². The number of hydrogen-bond donors (Lipinski definition) is 1. The van der Waals surface area contributed by atoms with Gasteiger partial charge >= 0.3 is 0 Å². The Hall–Kier alpha value is -1.32. The van der Waals surface area contributed by atoms with Gasteiger partial charge in [-0.15, -0.1) is 0 Å². The van der Waals surface area contributed by atoms with E-state index < -0.39 is 0 Å². The van der Waals surface area contributed by atoms with Gasteiger partial charge in [0.05, 0.1) is 12.8 Å². The van der Waals surface area contributed by atoms with Gasteiger partial charge < -0.3 is 9.72 Å². The fraction of sp³-hybridized carbons (Fsp3) is 0.429. The number of ether oxygens (including phenoxy) is 1. The molecule has 11 heavy (non-hydrogen) atoms. The van der Waals surface area contributed by atoms with Crippen molar-refractivity contribution in [2.75, 3.05) is 7.11 Å². The van der Waals surface area contributed by atoms with E-state index in [1.807, 2.05) is 0 Å². The van der Waals surface area contributed by atoms with Gasteiger partial charge in [0.1, 0.15) is 5.69 Å². The van der Waals surface area contributed by atoms with E-state index in [-0.39, 0.29) is 5.56 Å². The Morgan fingerprint density at radius 3 is 2.64 bits per heavy atom. The maximum absolute atomic E-state index is 10.9. The first-order chi connectivity index (χ1) is 5.15. The molecule has 4 nitrogen and oxygen atoms in total. The SMILES string of the molecule is COc1nc(C)c(=O)[nH]c1C. The van der Waals surface area contributed by atoms with E-state index >= 15 is 0 Å². The number of nitrogens with one attached hydrogen (secondary N) is 1. The predicted octanol–water partition coefficient (Wildman–Crippen LogP) is 0.395. The molecule has 60 valence electrons. The van der Waals surface area contributed by atoms with Crippen LogP contribution in [0, 0.1) is 13.8 Å². The van der Waals surface area contributed by atoms with Crippen LogP contribution in [-0.2, 0) is 0 Å². The minimum Gasteiger partial charge on any atom is -0.480 e. The summed E-state index contributed by atoms with van der Waals surface area (Å²) in [6.45, 7) is 3.38. The van der Waals surface area contributed by atoms with Crippen molar-refractivity contribution in [3.63, 3.8) is 0 Å². The van der Waals surface area contributed by atoms with E-state index in [0.717, 1.165) is 0 Å². The number of methoxy groups -OCH3 is 1. The highest BCUT2D eigenvalue weighted by molar-refractivity contribution is 5.17. The fourth-order valence-electron chi connectivity index (χ4n) is 0.800. The van der Waals surface area contributed by atoms with Crippen LogP contribution in [-0.4, -0.2) is 17.1 Å². The largest absolute Gasteiger partial charge is 0.480 e. The van der Waals surface area contributed by atoms with Crippen molar-refractivity contribution in [2.24, 2.45) is 0 Å². The van der Waals surface area contributed by atoms with E-state index in [2.05, 4.69) is 9.97 Å². The molecule has 0 radical (unpaired) electrons. The lowest BCUT2D eigenvalue weighted by molar-refractivity contribution is 0.390. The average molecular weight is 154 g/mol. The van der Waals surface area contributed by atoms with Crippen LogP contribution in [0.2, 0.25) is 0 Å². The summed E-state index contributed by atoms with van der Waals surface area (Å²) in [5, 5.41) is 0. The number of H-pyrrole nitrogens is 1. The van der Waals surface area contributed by atoms with Gasteiger partial charge in [-0.1, -0.05) is 0 Å². The molecule has 0 atom stereocenters. The first-order valence-electron chi connectivity index (χ1n) is 3.26. The molecule has 0 bridgehead atoms. The molecule has 0 aromatic carbocycles. The van der Waals surface area contributed by atoms with E-state index in [0.29, 0.717) is 17.3 Å². The molecule has 0 aliphatic rings. The molecule has 0 saturated heterocycles. The molecule has 1 rings (SSSR count). The summed E-state index contributed by atoms with van der Waals surface area (Å²) in [4.78, 5) is 17.5. The van der Waals surface area contributed by atoms with Gasteiger partial charge in [0, 0.05) is 0 Å². The molecule has 4 heteroatoms. The number of aromatic nitrogens is 2. The lowest BCUT2D eigenvalue weighted by Crippen LogP contribution is -2.14. The van der Waals surface area contributed by atoms with Gasteiger partial charge in [-0.3, -0.25) is 4.79 Å². The molecule has 1 aromatic heterocycles. The van der Waals surface area contributed by atoms with Crippen molar-refractivity contribution in [3.05, 3.63) is 21.7 Å². The van der Waals surface area contributed by atoms with Crippen molar-refractivity contribution in [1.29, 1.82) is 0 Å². The average Bonchev–Trinajstić information content (AvgIpc) is 1.97. The van der Waals surface area contributed by atoms with Gasteiger partial charge in [-0.25, -0.2) is 4.98 Å². The van der Waals surface area contributed by atoms with E-state index in [4.69, 9.17) is 4.74 Å². The van der Waals surface area contributed by atoms with Crippen LogP contribution >= 0.6 is 0 Å². The summed E-state index contributed by atoms with van der Waals surface area (Å²) in [5.41, 5.74) is 0.916. The molecule has 0 fully saturated rings. The molecule has 0 aliphatic heterocycles. The van der Waals surface area contributed by atoms with Gasteiger partial charge in [0.25, 0.3) is 5.56 Å². The Balaban J connectivity index is 3.32. The minimum absolute atomic E-state index is 0.164. The second-order valence-corrected chi connectivity index (χ2v) is 2.29. The molecule has 0 amide bonds. The molecule has 1 aromatic rings. The summed E-state index contributed by atoms with van der Waals surface area (Å²) in [6, 6.07) is 0. The zero-order valence-electron chi connectivity index (χ0n) is 6.76. The van der Waals surface area contributed by atoms with Gasteiger partial charge in [0.15, 0.2) is 0 Å². The van der Waals surface area contributed by atoms with Crippen LogP contribution in [0.1, 0.15) is 11.4 Å². The zero-order valence-corrected chi connectivity index (χ0v) is 6.76. The van der Waals surface area contributed by atoms with E-state index in [1.54, 1.807) is 13.8 Å². The first kappa shape index (κ1) is 7.78. The number of hydrogen-bond acceptors (Lipinski definition) is 3. The number of rotatable bonds is 1. The zero-order chi connectivity index (χ0) is 8.43. The molecule has 0 aliphatic carbocycles. The molecule has 0 spiro atoms. The molecule has 1 heterocycles. The molecule has 0 unspecified atom stereocenters. The normalized spacial score (nSPS) is 9.73. The van der Waals surface area contributed by atoms with Crippen LogP contribution in [0.5, 0.6) is 5.88 Å². The topological polar surface area (TPSA) is 55.0 Å². The number of aryl methyl sites for hydroxylation is 2. The quantitative estimate of drug-likeness (QED) is 0.636. The predicted molar refractivity (Wildman–Crippen MR) is 40.9 cm³/mol. The van der Waals surface area contributed by atoms with Crippen molar-refractivity contribution >= 4 is 0 Å². The third kappa shape index (κ3) is 1.39. The second kappa shape index (κ2) is 2.74. The fourth-order valence-corrected chi connectivity index (χ4v) is 0.800. The highest BCUT2D eigenvalue weighted by Gasteiger charge is 2.02. The van der Waals surface area contributed by atoms with E-state index in [9.17, 15) is 4.79 Å². The molecular weight excluding hydrogens is 144 g/mol. The Labute approximate surface area is 64.2 Å². The van der Waals surface area contributed by atoms with Crippen LogP contribution in [0.3, 0.4) is 0 Å². The summed E-state index contributed by atoms with van der Waals surface area (Å²) in [5.74, 6) is 0.474. The van der Waals surface area contributed by atoms with E-state index in [1.165, 1.54) is 7.11 Å². The Kier molecular flexibility index (Phi) is 1.94. The minimum atomic E-state index is -0.164. The highest BCUT2D eigenvalue weighted by atomic mass is 16.5. The van der Waals surface area contributed by atoms with Gasteiger partial charge in [-0.2, -0.15) is 0 Å². The van der Waals surface area contributed by atoms with Crippen LogP contribution < -0.4 is 10.3 Å². The second-order valence-electron chi connectivity index (χ2n) is 2.29. The van der Waals surface area contributed by atoms with Crippen molar-refractivity contribution in [3.8, 4) is 5.88 Å². The summed E-state index contributed by atoms with van der Waals surface area (Å²) < 4.78 is 4.90. The van der Waals surface area contributed by atoms with Gasteiger partial charge in [-0.05, 0) is 13.8 Å². The maximum Gasteiger partial charge on any atom is 0.269 e. The summed E-state index contributed by atoms with van der Waals surface area (Å²) >= 11 is 0. The third-order valence-electron chi connectivity index (χ3n) is 1.41. The Morgan fingerprint density at radius 1 is 1.45 bits per heavy atom. The van der Waals surface area contributed by atoms with Crippen molar-refractivity contribution in [2.45, 2.75) is 13.8 Å².